The topological polar surface area (TPSA) is 78.8 Å². The normalized spacial score (nSPS) is 26.0. The summed E-state index contributed by atoms with van der Waals surface area (Å²) in [5.41, 5.74) is 9.68. The van der Waals surface area contributed by atoms with Crippen LogP contribution in [0, 0.1) is 11.8 Å². The third-order valence-corrected chi connectivity index (χ3v) is 6.96. The molecule has 29 heavy (non-hydrogen) atoms. The Morgan fingerprint density at radius 3 is 2.45 bits per heavy atom. The molecule has 0 radical (unpaired) electrons. The lowest BCUT2D eigenvalue weighted by Crippen LogP contribution is -2.27. The van der Waals surface area contributed by atoms with Gasteiger partial charge in [-0.2, -0.15) is 5.10 Å². The van der Waals surface area contributed by atoms with Crippen LogP contribution >= 0.6 is 0 Å². The average molecular weight is 396 g/mol. The van der Waals surface area contributed by atoms with Gasteiger partial charge < -0.3 is 10.5 Å². The van der Waals surface area contributed by atoms with Crippen LogP contribution in [0.2, 0.25) is 0 Å². The molecule has 3 heterocycles. The molecule has 5 rings (SSSR count). The number of rotatable bonds is 6. The Hall–Kier alpha value is -1.79. The van der Waals surface area contributed by atoms with Crippen molar-refractivity contribution in [2.24, 2.45) is 17.6 Å². The first-order valence-electron chi connectivity index (χ1n) is 11.5. The number of nitrogens with two attached hydrogens (primary N) is 1. The van der Waals surface area contributed by atoms with Crippen LogP contribution < -0.4 is 5.73 Å². The molecular formula is C23H33N5O. The number of hydrogen-bond donors (Lipinski definition) is 1. The number of ether oxygens (including phenoxy) is 1. The molecule has 1 aliphatic heterocycles. The molecule has 0 amide bonds. The van der Waals surface area contributed by atoms with Gasteiger partial charge in [-0.05, 0) is 75.7 Å². The Kier molecular flexibility index (Phi) is 5.64. The van der Waals surface area contributed by atoms with E-state index < -0.39 is 0 Å². The smallest absolute Gasteiger partial charge is 0.129 e. The summed E-state index contributed by atoms with van der Waals surface area (Å²) in [5.74, 6) is 2.46. The molecule has 1 saturated heterocycles. The number of aromatic nitrogens is 4. The summed E-state index contributed by atoms with van der Waals surface area (Å²) in [7, 11) is 0. The van der Waals surface area contributed by atoms with Crippen molar-refractivity contribution in [2.75, 3.05) is 13.2 Å². The van der Waals surface area contributed by atoms with Crippen molar-refractivity contribution < 1.29 is 4.74 Å². The average Bonchev–Trinajstić information content (AvgIpc) is 3.48. The third-order valence-electron chi connectivity index (χ3n) is 6.96. The van der Waals surface area contributed by atoms with Crippen LogP contribution in [-0.4, -0.2) is 39.0 Å². The van der Waals surface area contributed by atoms with E-state index >= 15 is 0 Å². The molecule has 3 aliphatic rings. The van der Waals surface area contributed by atoms with E-state index in [2.05, 4.69) is 15.7 Å². The van der Waals surface area contributed by atoms with Gasteiger partial charge in [0.1, 0.15) is 5.82 Å². The number of hydrogen-bond acceptors (Lipinski definition) is 5. The first-order valence-corrected chi connectivity index (χ1v) is 11.5. The van der Waals surface area contributed by atoms with Gasteiger partial charge in [0, 0.05) is 43.1 Å². The molecule has 2 N–H and O–H groups in total. The van der Waals surface area contributed by atoms with Crippen molar-refractivity contribution in [3.8, 4) is 11.3 Å². The van der Waals surface area contributed by atoms with Crippen molar-refractivity contribution in [2.45, 2.75) is 76.3 Å². The highest BCUT2D eigenvalue weighted by Crippen LogP contribution is 2.37. The van der Waals surface area contributed by atoms with E-state index in [1.54, 1.807) is 0 Å². The largest absolute Gasteiger partial charge is 0.381 e. The van der Waals surface area contributed by atoms with Crippen LogP contribution in [0.25, 0.3) is 11.3 Å². The Morgan fingerprint density at radius 2 is 1.69 bits per heavy atom. The second-order valence-corrected chi connectivity index (χ2v) is 9.28. The molecule has 0 spiro atoms. The van der Waals surface area contributed by atoms with Gasteiger partial charge in [0.2, 0.25) is 0 Å². The summed E-state index contributed by atoms with van der Waals surface area (Å²) < 4.78 is 7.86. The predicted molar refractivity (Wildman–Crippen MR) is 112 cm³/mol. The van der Waals surface area contributed by atoms with E-state index in [0.29, 0.717) is 18.0 Å². The second-order valence-electron chi connectivity index (χ2n) is 9.28. The van der Waals surface area contributed by atoms with Crippen LogP contribution in [0.1, 0.15) is 68.9 Å². The fraction of sp³-hybridized carbons (Fsp3) is 0.696. The van der Waals surface area contributed by atoms with E-state index in [1.165, 1.54) is 36.9 Å². The van der Waals surface area contributed by atoms with Crippen molar-refractivity contribution in [3.05, 3.63) is 30.0 Å². The molecule has 0 aromatic carbocycles. The maximum absolute atomic E-state index is 6.07. The molecule has 0 unspecified atom stereocenters. The Bertz CT molecular complexity index is 816. The summed E-state index contributed by atoms with van der Waals surface area (Å²) in [6.45, 7) is 1.68. The zero-order chi connectivity index (χ0) is 19.6. The lowest BCUT2D eigenvalue weighted by Gasteiger charge is -2.25. The molecule has 2 aliphatic carbocycles. The lowest BCUT2D eigenvalue weighted by atomic mass is 9.84. The first-order chi connectivity index (χ1) is 14.3. The number of nitrogens with zero attached hydrogens (tertiary/aromatic N) is 4. The van der Waals surface area contributed by atoms with Gasteiger partial charge in [0.05, 0.1) is 17.9 Å². The van der Waals surface area contributed by atoms with E-state index in [9.17, 15) is 0 Å². The van der Waals surface area contributed by atoms with E-state index in [-0.39, 0.29) is 0 Å². The maximum Gasteiger partial charge on any atom is 0.129 e. The minimum absolute atomic E-state index is 0.388. The second kappa shape index (κ2) is 8.52. The Labute approximate surface area is 173 Å². The van der Waals surface area contributed by atoms with Crippen molar-refractivity contribution >= 4 is 0 Å². The molecule has 2 saturated carbocycles. The molecule has 0 atom stereocenters. The van der Waals surface area contributed by atoms with Gasteiger partial charge in [-0.15, -0.1) is 0 Å². The zero-order valence-electron chi connectivity index (χ0n) is 17.3. The highest BCUT2D eigenvalue weighted by atomic mass is 16.5. The minimum Gasteiger partial charge on any atom is -0.381 e. The summed E-state index contributed by atoms with van der Waals surface area (Å²) in [5, 5.41) is 4.84. The van der Waals surface area contributed by atoms with E-state index in [0.717, 1.165) is 69.2 Å². The monoisotopic (exact) mass is 395 g/mol. The highest BCUT2D eigenvalue weighted by Gasteiger charge is 2.29. The summed E-state index contributed by atoms with van der Waals surface area (Å²) >= 11 is 0. The van der Waals surface area contributed by atoms with Gasteiger partial charge in [-0.1, -0.05) is 0 Å². The van der Waals surface area contributed by atoms with Crippen LogP contribution in [0.15, 0.2) is 18.5 Å². The van der Waals surface area contributed by atoms with Crippen LogP contribution in [0.3, 0.4) is 0 Å². The van der Waals surface area contributed by atoms with E-state index in [1.807, 2.05) is 12.4 Å². The van der Waals surface area contributed by atoms with Gasteiger partial charge >= 0.3 is 0 Å². The Balaban J connectivity index is 1.39. The molecule has 2 aromatic rings. The standard InChI is InChI=1S/C23H33N5O/c24-18-5-3-17(4-6-18)14-23-25-10-7-21(27-23)20-15-26-28(19-8-11-29-12-9-19)22(20)13-16-1-2-16/h7,10,15-19H,1-6,8-9,11-14,24H2. The SMILES string of the molecule is NC1CCC(Cc2nccc(-c3cnn(C4CCOCC4)c3CC3CC3)n2)CC1. The fourth-order valence-corrected chi connectivity index (χ4v) is 4.94. The van der Waals surface area contributed by atoms with Gasteiger partial charge in [0.25, 0.3) is 0 Å². The van der Waals surface area contributed by atoms with E-state index in [4.69, 9.17) is 20.6 Å². The summed E-state index contributed by atoms with van der Waals surface area (Å²) in [6.07, 6.45) is 15.5. The predicted octanol–water partition coefficient (Wildman–Crippen LogP) is 3.70. The molecule has 6 heteroatoms. The van der Waals surface area contributed by atoms with Gasteiger partial charge in [-0.25, -0.2) is 9.97 Å². The fourth-order valence-electron chi connectivity index (χ4n) is 4.94. The van der Waals surface area contributed by atoms with Crippen LogP contribution in [0.5, 0.6) is 0 Å². The molecule has 6 nitrogen and oxygen atoms in total. The van der Waals surface area contributed by atoms with Crippen LogP contribution in [0.4, 0.5) is 0 Å². The molecule has 0 bridgehead atoms. The van der Waals surface area contributed by atoms with Gasteiger partial charge in [-0.3, -0.25) is 4.68 Å². The molecule has 156 valence electrons. The zero-order valence-corrected chi connectivity index (χ0v) is 17.3. The maximum atomic E-state index is 6.07. The van der Waals surface area contributed by atoms with Crippen molar-refractivity contribution in [3.63, 3.8) is 0 Å². The Morgan fingerprint density at radius 1 is 0.966 bits per heavy atom. The highest BCUT2D eigenvalue weighted by molar-refractivity contribution is 5.61. The molecular weight excluding hydrogens is 362 g/mol. The first kappa shape index (κ1) is 19.2. The summed E-state index contributed by atoms with van der Waals surface area (Å²) in [4.78, 5) is 9.57. The van der Waals surface area contributed by atoms with Gasteiger partial charge in [0.15, 0.2) is 0 Å². The molecule has 2 aromatic heterocycles. The summed E-state index contributed by atoms with van der Waals surface area (Å²) in [6, 6.07) is 2.90. The quantitative estimate of drug-likeness (QED) is 0.807. The molecule has 3 fully saturated rings. The third kappa shape index (κ3) is 4.53. The van der Waals surface area contributed by atoms with Crippen molar-refractivity contribution in [1.82, 2.24) is 19.7 Å². The lowest BCUT2D eigenvalue weighted by molar-refractivity contribution is 0.0654. The van der Waals surface area contributed by atoms with Crippen molar-refractivity contribution in [1.29, 1.82) is 0 Å². The minimum atomic E-state index is 0.388. The van der Waals surface area contributed by atoms with Crippen LogP contribution in [-0.2, 0) is 17.6 Å².